The van der Waals surface area contributed by atoms with Crippen LogP contribution in [0.1, 0.15) is 50.0 Å². The lowest BCUT2D eigenvalue weighted by atomic mass is 10.1. The Morgan fingerprint density at radius 3 is 2.25 bits per heavy atom. The summed E-state index contributed by atoms with van der Waals surface area (Å²) in [5.74, 6) is 2.00. The van der Waals surface area contributed by atoms with Crippen molar-refractivity contribution >= 4 is 0 Å². The quantitative estimate of drug-likeness (QED) is 0.611. The molecule has 0 saturated heterocycles. The van der Waals surface area contributed by atoms with E-state index in [-0.39, 0.29) is 6.61 Å². The SMILES string of the molecule is Cc1oc(-c2ccc(OCCCCCCCCO)cc2)nc1CO. The van der Waals surface area contributed by atoms with E-state index in [1.165, 1.54) is 12.8 Å². The minimum atomic E-state index is -0.115. The molecule has 0 aliphatic heterocycles. The summed E-state index contributed by atoms with van der Waals surface area (Å²) in [6.45, 7) is 2.69. The molecular formula is C19H27NO4. The second-order valence-electron chi connectivity index (χ2n) is 5.90. The molecule has 0 aliphatic rings. The normalized spacial score (nSPS) is 11.0. The van der Waals surface area contributed by atoms with E-state index in [1.807, 2.05) is 24.3 Å². The average Bonchev–Trinajstić information content (AvgIpc) is 2.98. The van der Waals surface area contributed by atoms with Crippen molar-refractivity contribution in [3.8, 4) is 17.2 Å². The first-order valence-electron chi connectivity index (χ1n) is 8.66. The van der Waals surface area contributed by atoms with E-state index in [0.29, 0.717) is 30.6 Å². The van der Waals surface area contributed by atoms with Crippen LogP contribution in [0, 0.1) is 6.92 Å². The molecule has 5 heteroatoms. The number of oxazole rings is 1. The van der Waals surface area contributed by atoms with E-state index in [0.717, 1.165) is 37.0 Å². The number of unbranched alkanes of at least 4 members (excludes halogenated alkanes) is 5. The maximum atomic E-state index is 9.17. The Morgan fingerprint density at radius 2 is 1.62 bits per heavy atom. The first-order valence-corrected chi connectivity index (χ1v) is 8.66. The van der Waals surface area contributed by atoms with Crippen LogP contribution in [0.15, 0.2) is 28.7 Å². The van der Waals surface area contributed by atoms with Gasteiger partial charge in [-0.2, -0.15) is 0 Å². The second kappa shape index (κ2) is 10.1. The summed E-state index contributed by atoms with van der Waals surface area (Å²) in [7, 11) is 0. The number of ether oxygens (including phenoxy) is 1. The largest absolute Gasteiger partial charge is 0.494 e. The maximum absolute atomic E-state index is 9.17. The fourth-order valence-corrected chi connectivity index (χ4v) is 2.50. The predicted octanol–water partition coefficient (Wildman–Crippen LogP) is 3.85. The van der Waals surface area contributed by atoms with Crippen LogP contribution < -0.4 is 4.74 Å². The summed E-state index contributed by atoms with van der Waals surface area (Å²) in [4.78, 5) is 4.27. The molecule has 1 aromatic carbocycles. The number of aliphatic hydroxyl groups is 2. The molecule has 0 unspecified atom stereocenters. The van der Waals surface area contributed by atoms with Crippen molar-refractivity contribution in [3.63, 3.8) is 0 Å². The Bertz CT molecular complexity index is 592. The van der Waals surface area contributed by atoms with Gasteiger partial charge in [0.15, 0.2) is 0 Å². The summed E-state index contributed by atoms with van der Waals surface area (Å²) in [6.07, 6.45) is 6.59. The number of rotatable bonds is 11. The Morgan fingerprint density at radius 1 is 0.958 bits per heavy atom. The smallest absolute Gasteiger partial charge is 0.226 e. The number of aromatic nitrogens is 1. The number of aryl methyl sites for hydroxylation is 1. The van der Waals surface area contributed by atoms with Gasteiger partial charge in [-0.05, 0) is 44.0 Å². The number of aliphatic hydroxyl groups excluding tert-OH is 2. The molecule has 24 heavy (non-hydrogen) atoms. The van der Waals surface area contributed by atoms with Crippen LogP contribution >= 0.6 is 0 Å². The van der Waals surface area contributed by atoms with Gasteiger partial charge in [-0.15, -0.1) is 0 Å². The van der Waals surface area contributed by atoms with Gasteiger partial charge in [0, 0.05) is 12.2 Å². The molecule has 0 radical (unpaired) electrons. The minimum absolute atomic E-state index is 0.115. The van der Waals surface area contributed by atoms with E-state index >= 15 is 0 Å². The zero-order valence-corrected chi connectivity index (χ0v) is 14.3. The highest BCUT2D eigenvalue weighted by Gasteiger charge is 2.10. The fraction of sp³-hybridized carbons (Fsp3) is 0.526. The molecule has 2 aromatic rings. The molecule has 0 atom stereocenters. The molecule has 2 rings (SSSR count). The maximum Gasteiger partial charge on any atom is 0.226 e. The fourth-order valence-electron chi connectivity index (χ4n) is 2.50. The minimum Gasteiger partial charge on any atom is -0.494 e. The lowest BCUT2D eigenvalue weighted by molar-refractivity contribution is 0.275. The molecular weight excluding hydrogens is 306 g/mol. The van der Waals surface area contributed by atoms with E-state index < -0.39 is 0 Å². The molecule has 1 aromatic heterocycles. The molecule has 2 N–H and O–H groups in total. The highest BCUT2D eigenvalue weighted by Crippen LogP contribution is 2.24. The van der Waals surface area contributed by atoms with Gasteiger partial charge in [0.25, 0.3) is 0 Å². The number of hydrogen-bond donors (Lipinski definition) is 2. The predicted molar refractivity (Wildman–Crippen MR) is 92.9 cm³/mol. The van der Waals surface area contributed by atoms with Crippen molar-refractivity contribution in [1.82, 2.24) is 4.98 Å². The molecule has 1 heterocycles. The summed E-state index contributed by atoms with van der Waals surface area (Å²) in [5, 5.41) is 17.9. The molecule has 0 fully saturated rings. The number of hydrogen-bond acceptors (Lipinski definition) is 5. The highest BCUT2D eigenvalue weighted by molar-refractivity contribution is 5.55. The van der Waals surface area contributed by atoms with Crippen LogP contribution in [0.2, 0.25) is 0 Å². The van der Waals surface area contributed by atoms with Crippen molar-refractivity contribution in [3.05, 3.63) is 35.7 Å². The number of nitrogens with zero attached hydrogens (tertiary/aromatic N) is 1. The highest BCUT2D eigenvalue weighted by atomic mass is 16.5. The van der Waals surface area contributed by atoms with Crippen molar-refractivity contribution in [2.75, 3.05) is 13.2 Å². The van der Waals surface area contributed by atoms with E-state index in [2.05, 4.69) is 4.98 Å². The third-order valence-electron chi connectivity index (χ3n) is 3.96. The zero-order chi connectivity index (χ0) is 17.2. The van der Waals surface area contributed by atoms with Gasteiger partial charge in [-0.25, -0.2) is 4.98 Å². The zero-order valence-electron chi connectivity index (χ0n) is 14.3. The van der Waals surface area contributed by atoms with Crippen LogP contribution in [-0.4, -0.2) is 28.4 Å². The topological polar surface area (TPSA) is 75.7 Å². The van der Waals surface area contributed by atoms with Gasteiger partial charge < -0.3 is 19.4 Å². The average molecular weight is 333 g/mol. The van der Waals surface area contributed by atoms with Gasteiger partial charge in [-0.1, -0.05) is 25.7 Å². The summed E-state index contributed by atoms with van der Waals surface area (Å²) < 4.78 is 11.3. The Kier molecular flexibility index (Phi) is 7.79. The van der Waals surface area contributed by atoms with Crippen molar-refractivity contribution in [2.45, 2.75) is 52.1 Å². The third kappa shape index (κ3) is 5.65. The second-order valence-corrected chi connectivity index (χ2v) is 5.90. The van der Waals surface area contributed by atoms with Gasteiger partial charge in [-0.3, -0.25) is 0 Å². The lowest BCUT2D eigenvalue weighted by Gasteiger charge is -2.06. The van der Waals surface area contributed by atoms with Crippen molar-refractivity contribution in [2.24, 2.45) is 0 Å². The first kappa shape index (κ1) is 18.5. The standard InChI is InChI=1S/C19H27NO4/c1-15-18(14-22)20-19(24-15)16-8-10-17(11-9-16)23-13-7-5-3-2-4-6-12-21/h8-11,21-22H,2-7,12-14H2,1H3. The number of benzene rings is 1. The Labute approximate surface area is 143 Å². The first-order chi connectivity index (χ1) is 11.7. The molecule has 0 aliphatic carbocycles. The van der Waals surface area contributed by atoms with E-state index in [1.54, 1.807) is 6.92 Å². The summed E-state index contributed by atoms with van der Waals surface area (Å²) >= 11 is 0. The summed E-state index contributed by atoms with van der Waals surface area (Å²) in [6, 6.07) is 7.65. The van der Waals surface area contributed by atoms with Crippen LogP contribution in [0.25, 0.3) is 11.5 Å². The van der Waals surface area contributed by atoms with Crippen LogP contribution in [0.3, 0.4) is 0 Å². The van der Waals surface area contributed by atoms with Crippen LogP contribution in [-0.2, 0) is 6.61 Å². The Balaban J connectivity index is 1.72. The van der Waals surface area contributed by atoms with Crippen molar-refractivity contribution < 1.29 is 19.4 Å². The van der Waals surface area contributed by atoms with E-state index in [4.69, 9.17) is 14.3 Å². The molecule has 0 spiro atoms. The van der Waals surface area contributed by atoms with Crippen molar-refractivity contribution in [1.29, 1.82) is 0 Å². The third-order valence-corrected chi connectivity index (χ3v) is 3.96. The Hall–Kier alpha value is -1.85. The monoisotopic (exact) mass is 333 g/mol. The molecule has 132 valence electrons. The van der Waals surface area contributed by atoms with E-state index in [9.17, 15) is 5.11 Å². The van der Waals surface area contributed by atoms with Gasteiger partial charge in [0.05, 0.1) is 13.2 Å². The molecule has 0 amide bonds. The van der Waals surface area contributed by atoms with Gasteiger partial charge >= 0.3 is 0 Å². The summed E-state index contributed by atoms with van der Waals surface area (Å²) in [5.41, 5.74) is 1.44. The van der Waals surface area contributed by atoms with Gasteiger partial charge in [0.1, 0.15) is 17.2 Å². The van der Waals surface area contributed by atoms with Crippen LogP contribution in [0.4, 0.5) is 0 Å². The van der Waals surface area contributed by atoms with Crippen LogP contribution in [0.5, 0.6) is 5.75 Å². The molecule has 0 bridgehead atoms. The molecule has 5 nitrogen and oxygen atoms in total. The van der Waals surface area contributed by atoms with Gasteiger partial charge in [0.2, 0.25) is 5.89 Å². The molecule has 0 saturated carbocycles. The lowest BCUT2D eigenvalue weighted by Crippen LogP contribution is -1.97.